The van der Waals surface area contributed by atoms with Crippen LogP contribution in [0.25, 0.3) is 0 Å². The van der Waals surface area contributed by atoms with Crippen LogP contribution in [0.1, 0.15) is 26.0 Å². The van der Waals surface area contributed by atoms with Crippen LogP contribution in [0.4, 0.5) is 4.79 Å². The Morgan fingerprint density at radius 1 is 1.35 bits per heavy atom. The van der Waals surface area contributed by atoms with Crippen LogP contribution in [0, 0.1) is 11.8 Å². The zero-order valence-corrected chi connectivity index (χ0v) is 11.9. The average molecular weight is 282 g/mol. The Hall–Kier alpha value is -1.98. The van der Waals surface area contributed by atoms with E-state index >= 15 is 0 Å². The van der Waals surface area contributed by atoms with Crippen LogP contribution in [0.15, 0.2) is 22.8 Å². The van der Waals surface area contributed by atoms with E-state index in [-0.39, 0.29) is 18.5 Å². The molecule has 0 aromatic carbocycles. The van der Waals surface area contributed by atoms with Crippen LogP contribution in [-0.2, 0) is 11.2 Å². The van der Waals surface area contributed by atoms with Gasteiger partial charge in [-0.05, 0) is 24.5 Å². The predicted molar refractivity (Wildman–Crippen MR) is 74.4 cm³/mol. The van der Waals surface area contributed by atoms with E-state index in [9.17, 15) is 9.59 Å². The zero-order chi connectivity index (χ0) is 15.0. The minimum atomic E-state index is -0.880. The van der Waals surface area contributed by atoms with Gasteiger partial charge in [-0.3, -0.25) is 4.79 Å². The molecule has 3 N–H and O–H groups in total. The van der Waals surface area contributed by atoms with Crippen molar-refractivity contribution >= 4 is 12.0 Å². The number of nitrogens with one attached hydrogen (secondary N) is 2. The van der Waals surface area contributed by atoms with E-state index in [0.717, 1.165) is 5.76 Å². The lowest BCUT2D eigenvalue weighted by Gasteiger charge is -2.15. The number of aliphatic carboxylic acids is 1. The van der Waals surface area contributed by atoms with Gasteiger partial charge in [0.05, 0.1) is 12.2 Å². The summed E-state index contributed by atoms with van der Waals surface area (Å²) in [6.07, 6.45) is 2.73. The molecular formula is C14H22N2O4. The predicted octanol–water partition coefficient (Wildman–Crippen LogP) is 1.87. The molecule has 20 heavy (non-hydrogen) atoms. The fourth-order valence-corrected chi connectivity index (χ4v) is 1.87. The summed E-state index contributed by atoms with van der Waals surface area (Å²) in [4.78, 5) is 22.6. The second-order valence-corrected chi connectivity index (χ2v) is 5.13. The monoisotopic (exact) mass is 282 g/mol. The highest BCUT2D eigenvalue weighted by Gasteiger charge is 2.19. The number of amides is 2. The molecule has 0 saturated carbocycles. The Balaban J connectivity index is 2.22. The molecule has 0 saturated heterocycles. The molecule has 1 aromatic rings. The Morgan fingerprint density at radius 2 is 2.10 bits per heavy atom. The first-order chi connectivity index (χ1) is 9.49. The second kappa shape index (κ2) is 8.24. The van der Waals surface area contributed by atoms with E-state index in [2.05, 4.69) is 10.6 Å². The molecule has 0 radical (unpaired) electrons. The third kappa shape index (κ3) is 6.26. The lowest BCUT2D eigenvalue weighted by atomic mass is 9.97. The van der Waals surface area contributed by atoms with Gasteiger partial charge < -0.3 is 20.2 Å². The summed E-state index contributed by atoms with van der Waals surface area (Å²) < 4.78 is 5.14. The molecule has 1 aromatic heterocycles. The lowest BCUT2D eigenvalue weighted by molar-refractivity contribution is -0.142. The minimum absolute atomic E-state index is 0.139. The number of furan rings is 1. The Morgan fingerprint density at radius 3 is 2.65 bits per heavy atom. The summed E-state index contributed by atoms with van der Waals surface area (Å²) in [5.41, 5.74) is 0. The van der Waals surface area contributed by atoms with E-state index in [1.165, 1.54) is 0 Å². The summed E-state index contributed by atoms with van der Waals surface area (Å²) in [6.45, 7) is 4.50. The third-order valence-corrected chi connectivity index (χ3v) is 2.85. The first-order valence-corrected chi connectivity index (χ1v) is 6.76. The van der Waals surface area contributed by atoms with Gasteiger partial charge in [-0.25, -0.2) is 4.79 Å². The number of rotatable bonds is 8. The second-order valence-electron chi connectivity index (χ2n) is 5.13. The molecule has 1 rings (SSSR count). The summed E-state index contributed by atoms with van der Waals surface area (Å²) in [7, 11) is 0. The molecule has 0 aliphatic carbocycles. The molecule has 0 bridgehead atoms. The number of hydrogen-bond donors (Lipinski definition) is 3. The molecular weight excluding hydrogens is 260 g/mol. The van der Waals surface area contributed by atoms with Gasteiger partial charge in [0.25, 0.3) is 0 Å². The van der Waals surface area contributed by atoms with Crippen LogP contribution in [0.5, 0.6) is 0 Å². The van der Waals surface area contributed by atoms with E-state index in [4.69, 9.17) is 9.52 Å². The van der Waals surface area contributed by atoms with Gasteiger partial charge in [0.2, 0.25) is 0 Å². The maximum absolute atomic E-state index is 11.5. The van der Waals surface area contributed by atoms with Crippen LogP contribution in [-0.4, -0.2) is 30.2 Å². The van der Waals surface area contributed by atoms with Gasteiger partial charge in [-0.1, -0.05) is 13.8 Å². The van der Waals surface area contributed by atoms with Crippen LogP contribution < -0.4 is 10.6 Å². The number of carbonyl (C=O) groups is 2. The molecule has 0 aliphatic heterocycles. The third-order valence-electron chi connectivity index (χ3n) is 2.85. The SMILES string of the molecule is CC(C)CC(CNC(=O)NCCc1ccco1)C(=O)O. The highest BCUT2D eigenvalue weighted by Crippen LogP contribution is 2.10. The van der Waals surface area contributed by atoms with Crippen molar-refractivity contribution in [2.45, 2.75) is 26.7 Å². The van der Waals surface area contributed by atoms with Crippen LogP contribution in [0.2, 0.25) is 0 Å². The molecule has 0 aliphatic rings. The summed E-state index contributed by atoms with van der Waals surface area (Å²) in [5, 5.41) is 14.3. The Kier molecular flexibility index (Phi) is 6.63. The molecule has 1 unspecified atom stereocenters. The maximum atomic E-state index is 11.5. The van der Waals surface area contributed by atoms with Gasteiger partial charge >= 0.3 is 12.0 Å². The van der Waals surface area contributed by atoms with Crippen molar-refractivity contribution in [2.24, 2.45) is 11.8 Å². The van der Waals surface area contributed by atoms with Gasteiger partial charge in [0.15, 0.2) is 0 Å². The van der Waals surface area contributed by atoms with Crippen LogP contribution >= 0.6 is 0 Å². The molecule has 1 atom stereocenters. The van der Waals surface area contributed by atoms with Crippen molar-refractivity contribution in [1.29, 1.82) is 0 Å². The first kappa shape index (κ1) is 16.1. The normalized spacial score (nSPS) is 12.2. The van der Waals surface area contributed by atoms with Crippen molar-refractivity contribution < 1.29 is 19.1 Å². The van der Waals surface area contributed by atoms with Gasteiger partial charge in [0, 0.05) is 19.5 Å². The molecule has 6 heteroatoms. The topological polar surface area (TPSA) is 91.6 Å². The molecule has 112 valence electrons. The molecule has 0 fully saturated rings. The van der Waals surface area contributed by atoms with Gasteiger partial charge in [0.1, 0.15) is 5.76 Å². The zero-order valence-electron chi connectivity index (χ0n) is 11.9. The standard InChI is InChI=1S/C14H22N2O4/c1-10(2)8-11(13(17)18)9-16-14(19)15-6-5-12-4-3-7-20-12/h3-4,7,10-11H,5-6,8-9H2,1-2H3,(H,17,18)(H2,15,16,19). The first-order valence-electron chi connectivity index (χ1n) is 6.76. The molecule has 1 heterocycles. The van der Waals surface area contributed by atoms with E-state index in [1.54, 1.807) is 12.3 Å². The summed E-state index contributed by atoms with van der Waals surface area (Å²) in [5.74, 6) is -0.353. The number of carboxylic acids is 1. The highest BCUT2D eigenvalue weighted by molar-refractivity contribution is 5.75. The number of carboxylic acid groups (broad SMARTS) is 1. The van der Waals surface area contributed by atoms with E-state index < -0.39 is 11.9 Å². The van der Waals surface area contributed by atoms with Crippen molar-refractivity contribution in [3.63, 3.8) is 0 Å². The minimum Gasteiger partial charge on any atom is -0.481 e. The molecule has 0 spiro atoms. The summed E-state index contributed by atoms with van der Waals surface area (Å²) in [6, 6.07) is 3.27. The molecule has 2 amide bonds. The van der Waals surface area contributed by atoms with Gasteiger partial charge in [-0.15, -0.1) is 0 Å². The quantitative estimate of drug-likeness (QED) is 0.678. The van der Waals surface area contributed by atoms with Crippen molar-refractivity contribution in [2.75, 3.05) is 13.1 Å². The van der Waals surface area contributed by atoms with Gasteiger partial charge in [-0.2, -0.15) is 0 Å². The Labute approximate surface area is 118 Å². The fourth-order valence-electron chi connectivity index (χ4n) is 1.87. The maximum Gasteiger partial charge on any atom is 0.314 e. The smallest absolute Gasteiger partial charge is 0.314 e. The number of hydrogen-bond acceptors (Lipinski definition) is 3. The molecule has 6 nitrogen and oxygen atoms in total. The summed E-state index contributed by atoms with van der Waals surface area (Å²) >= 11 is 0. The average Bonchev–Trinajstić information content (AvgIpc) is 2.86. The number of carbonyl (C=O) groups excluding carboxylic acids is 1. The highest BCUT2D eigenvalue weighted by atomic mass is 16.4. The fraction of sp³-hybridized carbons (Fsp3) is 0.571. The lowest BCUT2D eigenvalue weighted by Crippen LogP contribution is -2.40. The Bertz CT molecular complexity index is 415. The van der Waals surface area contributed by atoms with Crippen molar-refractivity contribution in [3.8, 4) is 0 Å². The largest absolute Gasteiger partial charge is 0.481 e. The van der Waals surface area contributed by atoms with E-state index in [0.29, 0.717) is 19.4 Å². The van der Waals surface area contributed by atoms with Crippen LogP contribution in [0.3, 0.4) is 0 Å². The number of urea groups is 1. The van der Waals surface area contributed by atoms with Crippen molar-refractivity contribution in [3.05, 3.63) is 24.2 Å². The van der Waals surface area contributed by atoms with E-state index in [1.807, 2.05) is 19.9 Å². The van der Waals surface area contributed by atoms with Crippen molar-refractivity contribution in [1.82, 2.24) is 10.6 Å².